The highest BCUT2D eigenvalue weighted by molar-refractivity contribution is 7.89. The van der Waals surface area contributed by atoms with Crippen molar-refractivity contribution in [2.75, 3.05) is 18.4 Å². The first-order valence-electron chi connectivity index (χ1n) is 9.20. The van der Waals surface area contributed by atoms with E-state index in [1.807, 2.05) is 13.8 Å². The Morgan fingerprint density at radius 1 is 1.22 bits per heavy atom. The standard InChI is InChI=1S/C18H24N4O4S/c1-3-5-12-22(4-2)27(24,25)15-10-8-13(9-11-15)16(23)19-18-21-20-17(26-18)14-6-7-14/h8-11,14H,3-7,12H2,1-2H3,(H,19,21,23). The van der Waals surface area contributed by atoms with Crippen molar-refractivity contribution in [3.63, 3.8) is 0 Å². The first kappa shape index (κ1) is 19.5. The van der Waals surface area contributed by atoms with Crippen LogP contribution in [0.1, 0.15) is 61.7 Å². The minimum atomic E-state index is -3.56. The summed E-state index contributed by atoms with van der Waals surface area (Å²) in [5.74, 6) is 0.420. The number of amides is 1. The third-order valence-corrected chi connectivity index (χ3v) is 6.44. The highest BCUT2D eigenvalue weighted by atomic mass is 32.2. The number of nitrogens with zero attached hydrogens (tertiary/aromatic N) is 3. The number of anilines is 1. The number of rotatable bonds is 9. The van der Waals surface area contributed by atoms with Gasteiger partial charge in [-0.3, -0.25) is 10.1 Å². The van der Waals surface area contributed by atoms with Gasteiger partial charge in [-0.1, -0.05) is 25.4 Å². The van der Waals surface area contributed by atoms with Crippen LogP contribution in [0.4, 0.5) is 6.01 Å². The molecular weight excluding hydrogens is 368 g/mol. The maximum atomic E-state index is 12.7. The molecule has 1 N–H and O–H groups in total. The predicted molar refractivity (Wildman–Crippen MR) is 100 cm³/mol. The molecule has 146 valence electrons. The Morgan fingerprint density at radius 3 is 2.52 bits per heavy atom. The van der Waals surface area contributed by atoms with Crippen LogP contribution in [0.3, 0.4) is 0 Å². The fraction of sp³-hybridized carbons (Fsp3) is 0.500. The topological polar surface area (TPSA) is 105 Å². The molecule has 1 aromatic heterocycles. The summed E-state index contributed by atoms with van der Waals surface area (Å²) >= 11 is 0. The van der Waals surface area contributed by atoms with Crippen LogP contribution >= 0.6 is 0 Å². The SMILES string of the molecule is CCCCN(CC)S(=O)(=O)c1ccc(C(=O)Nc2nnc(C3CC3)o2)cc1. The summed E-state index contributed by atoms with van der Waals surface area (Å²) in [5.41, 5.74) is 0.316. The molecule has 1 heterocycles. The maximum Gasteiger partial charge on any atom is 0.322 e. The fourth-order valence-corrected chi connectivity index (χ4v) is 4.15. The normalized spacial score (nSPS) is 14.5. The number of benzene rings is 1. The van der Waals surface area contributed by atoms with Crippen LogP contribution in [0.25, 0.3) is 0 Å². The Labute approximate surface area is 159 Å². The zero-order chi connectivity index (χ0) is 19.4. The molecule has 0 aliphatic heterocycles. The van der Waals surface area contributed by atoms with Crippen molar-refractivity contribution in [1.82, 2.24) is 14.5 Å². The minimum Gasteiger partial charge on any atom is -0.408 e. The number of unbranched alkanes of at least 4 members (excludes halogenated alkanes) is 1. The van der Waals surface area contributed by atoms with Crippen molar-refractivity contribution < 1.29 is 17.6 Å². The lowest BCUT2D eigenvalue weighted by Gasteiger charge is -2.20. The van der Waals surface area contributed by atoms with Gasteiger partial charge in [-0.15, -0.1) is 5.10 Å². The molecule has 27 heavy (non-hydrogen) atoms. The minimum absolute atomic E-state index is 0.0512. The summed E-state index contributed by atoms with van der Waals surface area (Å²) in [6, 6.07) is 5.91. The molecule has 1 aliphatic rings. The van der Waals surface area contributed by atoms with Crippen LogP contribution in [0, 0.1) is 0 Å². The van der Waals surface area contributed by atoms with Crippen LogP contribution in [0.2, 0.25) is 0 Å². The molecule has 1 aliphatic carbocycles. The zero-order valence-corrected chi connectivity index (χ0v) is 16.3. The van der Waals surface area contributed by atoms with Gasteiger partial charge in [0, 0.05) is 24.6 Å². The average molecular weight is 392 g/mol. The smallest absolute Gasteiger partial charge is 0.322 e. The number of carbonyl (C=O) groups is 1. The number of carbonyl (C=O) groups excluding carboxylic acids is 1. The highest BCUT2D eigenvalue weighted by Crippen LogP contribution is 2.39. The zero-order valence-electron chi connectivity index (χ0n) is 15.5. The second-order valence-corrected chi connectivity index (χ2v) is 8.49. The Kier molecular flexibility index (Phi) is 5.91. The molecular formula is C18H24N4O4S. The third-order valence-electron chi connectivity index (χ3n) is 4.46. The van der Waals surface area contributed by atoms with E-state index < -0.39 is 15.9 Å². The van der Waals surface area contributed by atoms with Gasteiger partial charge in [0.05, 0.1) is 4.90 Å². The number of sulfonamides is 1. The van der Waals surface area contributed by atoms with E-state index >= 15 is 0 Å². The van der Waals surface area contributed by atoms with Gasteiger partial charge in [0.1, 0.15) is 0 Å². The van der Waals surface area contributed by atoms with Crippen LogP contribution < -0.4 is 5.32 Å². The highest BCUT2D eigenvalue weighted by Gasteiger charge is 2.29. The number of nitrogens with one attached hydrogen (secondary N) is 1. The van der Waals surface area contributed by atoms with Gasteiger partial charge in [0.2, 0.25) is 15.9 Å². The quantitative estimate of drug-likeness (QED) is 0.703. The average Bonchev–Trinajstić information content (AvgIpc) is 3.42. The van der Waals surface area contributed by atoms with Gasteiger partial charge in [-0.25, -0.2) is 8.42 Å². The second kappa shape index (κ2) is 8.18. The van der Waals surface area contributed by atoms with E-state index in [4.69, 9.17) is 4.42 Å². The van der Waals surface area contributed by atoms with Gasteiger partial charge in [-0.2, -0.15) is 4.31 Å². The molecule has 0 saturated heterocycles. The van der Waals surface area contributed by atoms with Gasteiger partial charge >= 0.3 is 6.01 Å². The van der Waals surface area contributed by atoms with Crippen molar-refractivity contribution in [2.24, 2.45) is 0 Å². The molecule has 0 unspecified atom stereocenters. The Morgan fingerprint density at radius 2 is 1.93 bits per heavy atom. The largest absolute Gasteiger partial charge is 0.408 e. The van der Waals surface area contributed by atoms with E-state index in [0.29, 0.717) is 30.5 Å². The molecule has 1 saturated carbocycles. The van der Waals surface area contributed by atoms with Crippen LogP contribution in [0.15, 0.2) is 33.6 Å². The first-order valence-corrected chi connectivity index (χ1v) is 10.6. The van der Waals surface area contributed by atoms with Crippen molar-refractivity contribution in [3.05, 3.63) is 35.7 Å². The van der Waals surface area contributed by atoms with Crippen LogP contribution in [-0.2, 0) is 10.0 Å². The van der Waals surface area contributed by atoms with E-state index in [9.17, 15) is 13.2 Å². The molecule has 9 heteroatoms. The molecule has 0 spiro atoms. The lowest BCUT2D eigenvalue weighted by molar-refractivity contribution is 0.102. The van der Waals surface area contributed by atoms with Gasteiger partial charge in [-0.05, 0) is 43.5 Å². The number of aromatic nitrogens is 2. The third kappa shape index (κ3) is 4.54. The molecule has 2 aromatic rings. The Bertz CT molecular complexity index is 888. The van der Waals surface area contributed by atoms with E-state index in [0.717, 1.165) is 25.7 Å². The molecule has 0 bridgehead atoms. The second-order valence-electron chi connectivity index (χ2n) is 6.55. The van der Waals surface area contributed by atoms with E-state index in [1.165, 1.54) is 28.6 Å². The predicted octanol–water partition coefficient (Wildman–Crippen LogP) is 3.01. The Balaban J connectivity index is 1.68. The lowest BCUT2D eigenvalue weighted by atomic mass is 10.2. The maximum absolute atomic E-state index is 12.7. The van der Waals surface area contributed by atoms with Crippen molar-refractivity contribution >= 4 is 21.9 Å². The number of hydrogen-bond acceptors (Lipinski definition) is 6. The van der Waals surface area contributed by atoms with Gasteiger partial charge in [0.25, 0.3) is 5.91 Å². The summed E-state index contributed by atoms with van der Waals surface area (Å²) in [7, 11) is -3.56. The van der Waals surface area contributed by atoms with E-state index in [-0.39, 0.29) is 10.9 Å². The molecule has 0 radical (unpaired) electrons. The molecule has 0 atom stereocenters. The number of hydrogen-bond donors (Lipinski definition) is 1. The Hall–Kier alpha value is -2.26. The molecule has 1 fully saturated rings. The lowest BCUT2D eigenvalue weighted by Crippen LogP contribution is -2.31. The van der Waals surface area contributed by atoms with Gasteiger partial charge in [0.15, 0.2) is 0 Å². The van der Waals surface area contributed by atoms with Crippen molar-refractivity contribution in [2.45, 2.75) is 50.3 Å². The summed E-state index contributed by atoms with van der Waals surface area (Å²) in [6.07, 6.45) is 3.78. The fourth-order valence-electron chi connectivity index (χ4n) is 2.66. The summed E-state index contributed by atoms with van der Waals surface area (Å²) < 4.78 is 32.3. The molecule has 8 nitrogen and oxygen atoms in total. The van der Waals surface area contributed by atoms with Crippen LogP contribution in [-0.4, -0.2) is 41.9 Å². The first-order chi connectivity index (χ1) is 13.0. The van der Waals surface area contributed by atoms with Gasteiger partial charge < -0.3 is 4.42 Å². The molecule has 1 aromatic carbocycles. The van der Waals surface area contributed by atoms with E-state index in [1.54, 1.807) is 0 Å². The van der Waals surface area contributed by atoms with Crippen molar-refractivity contribution in [1.29, 1.82) is 0 Å². The summed E-state index contributed by atoms with van der Waals surface area (Å²) in [5, 5.41) is 10.3. The molecule has 1 amide bonds. The van der Waals surface area contributed by atoms with Crippen molar-refractivity contribution in [3.8, 4) is 0 Å². The van der Waals surface area contributed by atoms with Crippen LogP contribution in [0.5, 0.6) is 0 Å². The monoisotopic (exact) mass is 392 g/mol. The summed E-state index contributed by atoms with van der Waals surface area (Å²) in [6.45, 7) is 4.73. The van der Waals surface area contributed by atoms with E-state index in [2.05, 4.69) is 15.5 Å². The molecule has 3 rings (SSSR count). The summed E-state index contributed by atoms with van der Waals surface area (Å²) in [4.78, 5) is 12.5.